The molecule has 1 aromatic rings. The Balaban J connectivity index is 2.72. The average Bonchev–Trinajstić information content (AvgIpc) is 2.46. The molecule has 0 heterocycles. The Labute approximate surface area is 125 Å². The van der Waals surface area contributed by atoms with Crippen LogP contribution in [-0.4, -0.2) is 37.4 Å². The van der Waals surface area contributed by atoms with E-state index in [4.69, 9.17) is 9.84 Å². The van der Waals surface area contributed by atoms with Gasteiger partial charge >= 0.3 is 0 Å². The van der Waals surface area contributed by atoms with Gasteiger partial charge in [0.15, 0.2) is 5.96 Å². The predicted molar refractivity (Wildman–Crippen MR) is 81.6 cm³/mol. The van der Waals surface area contributed by atoms with Gasteiger partial charge in [-0.15, -0.1) is 0 Å². The van der Waals surface area contributed by atoms with Crippen LogP contribution in [0.4, 0.5) is 4.39 Å². The molecule has 0 aliphatic rings. The van der Waals surface area contributed by atoms with Crippen molar-refractivity contribution in [2.45, 2.75) is 33.0 Å². The third-order valence-electron chi connectivity index (χ3n) is 2.84. The van der Waals surface area contributed by atoms with Crippen LogP contribution in [0.5, 0.6) is 0 Å². The van der Waals surface area contributed by atoms with Crippen LogP contribution >= 0.6 is 0 Å². The molecule has 3 N–H and O–H groups in total. The fourth-order valence-electron chi connectivity index (χ4n) is 1.86. The first-order valence-corrected chi connectivity index (χ1v) is 7.02. The number of methoxy groups -OCH3 is 1. The summed E-state index contributed by atoms with van der Waals surface area (Å²) in [6, 6.07) is 4.78. The second kappa shape index (κ2) is 9.31. The monoisotopic (exact) mass is 297 g/mol. The van der Waals surface area contributed by atoms with E-state index in [1.54, 1.807) is 19.2 Å². The number of halogens is 1. The second-order valence-corrected chi connectivity index (χ2v) is 4.78. The minimum absolute atomic E-state index is 0.133. The van der Waals surface area contributed by atoms with Crippen molar-refractivity contribution in [1.82, 2.24) is 10.6 Å². The summed E-state index contributed by atoms with van der Waals surface area (Å²) in [6.07, 6.45) is 0. The van der Waals surface area contributed by atoms with Gasteiger partial charge in [0.2, 0.25) is 0 Å². The van der Waals surface area contributed by atoms with Gasteiger partial charge in [0.25, 0.3) is 0 Å². The number of nitrogens with one attached hydrogen (secondary N) is 2. The van der Waals surface area contributed by atoms with Crippen LogP contribution in [0.3, 0.4) is 0 Å². The normalized spacial score (nSPS) is 13.1. The van der Waals surface area contributed by atoms with Crippen molar-refractivity contribution in [3.8, 4) is 0 Å². The van der Waals surface area contributed by atoms with Gasteiger partial charge in [-0.1, -0.05) is 6.07 Å². The highest BCUT2D eigenvalue weighted by atomic mass is 19.1. The van der Waals surface area contributed by atoms with E-state index in [-0.39, 0.29) is 18.2 Å². The van der Waals surface area contributed by atoms with Gasteiger partial charge in [0.05, 0.1) is 19.8 Å². The van der Waals surface area contributed by atoms with E-state index in [0.717, 1.165) is 12.1 Å². The Morgan fingerprint density at radius 3 is 2.86 bits per heavy atom. The lowest BCUT2D eigenvalue weighted by molar-refractivity contribution is 0.179. The molecule has 0 bridgehead atoms. The van der Waals surface area contributed by atoms with Crippen molar-refractivity contribution >= 4 is 5.96 Å². The van der Waals surface area contributed by atoms with E-state index in [0.29, 0.717) is 19.1 Å². The molecule has 5 nitrogen and oxygen atoms in total. The molecule has 0 aliphatic carbocycles. The molecular weight excluding hydrogens is 273 g/mol. The Bertz CT molecular complexity index is 466. The molecule has 0 saturated heterocycles. The lowest BCUT2D eigenvalue weighted by Gasteiger charge is -2.17. The number of aliphatic hydroxyl groups is 1. The Morgan fingerprint density at radius 1 is 1.48 bits per heavy atom. The van der Waals surface area contributed by atoms with Crippen LogP contribution in [0.15, 0.2) is 23.2 Å². The fourth-order valence-corrected chi connectivity index (χ4v) is 1.86. The Hall–Kier alpha value is -1.66. The summed E-state index contributed by atoms with van der Waals surface area (Å²) in [5.74, 6) is 0.279. The molecule has 0 amide bonds. The smallest absolute Gasteiger partial charge is 0.191 e. The number of guanidine groups is 1. The lowest BCUT2D eigenvalue weighted by atomic mass is 10.1. The fraction of sp³-hybridized carbons (Fsp3) is 0.533. The van der Waals surface area contributed by atoms with Crippen molar-refractivity contribution in [2.75, 3.05) is 20.3 Å². The molecule has 1 unspecified atom stereocenters. The lowest BCUT2D eigenvalue weighted by Crippen LogP contribution is -2.43. The van der Waals surface area contributed by atoms with Gasteiger partial charge in [0, 0.05) is 25.3 Å². The zero-order valence-electron chi connectivity index (χ0n) is 12.8. The first-order valence-electron chi connectivity index (χ1n) is 7.02. The topological polar surface area (TPSA) is 65.9 Å². The van der Waals surface area contributed by atoms with Crippen LogP contribution in [0.25, 0.3) is 0 Å². The highest BCUT2D eigenvalue weighted by Gasteiger charge is 2.05. The quantitative estimate of drug-likeness (QED) is 0.526. The van der Waals surface area contributed by atoms with E-state index in [1.165, 1.54) is 6.07 Å². The molecule has 21 heavy (non-hydrogen) atoms. The summed E-state index contributed by atoms with van der Waals surface area (Å²) in [7, 11) is 1.65. The average molecular weight is 297 g/mol. The molecule has 0 aromatic heterocycles. The molecule has 0 fully saturated rings. The van der Waals surface area contributed by atoms with Gasteiger partial charge in [-0.25, -0.2) is 9.38 Å². The van der Waals surface area contributed by atoms with Gasteiger partial charge in [0.1, 0.15) is 5.82 Å². The minimum Gasteiger partial charge on any atom is -0.392 e. The van der Waals surface area contributed by atoms with Crippen LogP contribution in [-0.2, 0) is 17.9 Å². The summed E-state index contributed by atoms with van der Waals surface area (Å²) < 4.78 is 18.4. The van der Waals surface area contributed by atoms with Crippen LogP contribution in [0.1, 0.15) is 25.0 Å². The van der Waals surface area contributed by atoms with Crippen molar-refractivity contribution in [3.05, 3.63) is 35.1 Å². The van der Waals surface area contributed by atoms with E-state index in [2.05, 4.69) is 15.6 Å². The summed E-state index contributed by atoms with van der Waals surface area (Å²) >= 11 is 0. The molecule has 0 saturated carbocycles. The zero-order valence-corrected chi connectivity index (χ0v) is 12.8. The number of aliphatic imine (C=N–C) groups is 1. The highest BCUT2D eigenvalue weighted by molar-refractivity contribution is 5.80. The maximum absolute atomic E-state index is 13.3. The van der Waals surface area contributed by atoms with E-state index >= 15 is 0 Å². The zero-order chi connectivity index (χ0) is 15.7. The minimum atomic E-state index is -0.399. The Kier molecular flexibility index (Phi) is 7.71. The summed E-state index contributed by atoms with van der Waals surface area (Å²) in [5.41, 5.74) is 1.13. The molecule has 118 valence electrons. The first kappa shape index (κ1) is 17.4. The van der Waals surface area contributed by atoms with Crippen molar-refractivity contribution in [2.24, 2.45) is 4.99 Å². The summed E-state index contributed by atoms with van der Waals surface area (Å²) in [4.78, 5) is 4.45. The largest absolute Gasteiger partial charge is 0.392 e. The molecule has 1 rings (SSSR count). The number of nitrogens with zero attached hydrogens (tertiary/aromatic N) is 1. The van der Waals surface area contributed by atoms with Gasteiger partial charge in [-0.2, -0.15) is 0 Å². The summed E-state index contributed by atoms with van der Waals surface area (Å²) in [5, 5.41) is 15.4. The van der Waals surface area contributed by atoms with Crippen molar-refractivity contribution in [3.63, 3.8) is 0 Å². The predicted octanol–water partition coefficient (Wildman–Crippen LogP) is 1.41. The molecule has 1 aromatic carbocycles. The number of ether oxygens (including phenoxy) is 1. The van der Waals surface area contributed by atoms with Crippen LogP contribution in [0.2, 0.25) is 0 Å². The SMILES string of the molecule is CCNC(=NCc1ccc(F)c(CO)c1)NC(C)COC. The van der Waals surface area contributed by atoms with E-state index < -0.39 is 5.82 Å². The van der Waals surface area contributed by atoms with Crippen LogP contribution < -0.4 is 10.6 Å². The second-order valence-electron chi connectivity index (χ2n) is 4.78. The third-order valence-corrected chi connectivity index (χ3v) is 2.84. The molecule has 0 aliphatic heterocycles. The van der Waals surface area contributed by atoms with Crippen molar-refractivity contribution in [1.29, 1.82) is 0 Å². The van der Waals surface area contributed by atoms with Gasteiger partial charge in [-0.3, -0.25) is 0 Å². The number of benzene rings is 1. The summed E-state index contributed by atoms with van der Waals surface area (Å²) in [6.45, 7) is 5.40. The molecular formula is C15H24FN3O2. The molecule has 6 heteroatoms. The van der Waals surface area contributed by atoms with Crippen molar-refractivity contribution < 1.29 is 14.2 Å². The number of hydrogen-bond acceptors (Lipinski definition) is 3. The van der Waals surface area contributed by atoms with Gasteiger partial charge < -0.3 is 20.5 Å². The maximum Gasteiger partial charge on any atom is 0.191 e. The third kappa shape index (κ3) is 6.10. The standard InChI is InChI=1S/C15H24FN3O2/c1-4-17-15(19-11(2)10-21-3)18-8-12-5-6-14(16)13(7-12)9-20/h5-7,11,20H,4,8-10H2,1-3H3,(H2,17,18,19). The maximum atomic E-state index is 13.3. The number of rotatable bonds is 7. The number of hydrogen-bond donors (Lipinski definition) is 3. The van der Waals surface area contributed by atoms with E-state index in [1.807, 2.05) is 13.8 Å². The van der Waals surface area contributed by atoms with E-state index in [9.17, 15) is 4.39 Å². The number of aliphatic hydroxyl groups excluding tert-OH is 1. The molecule has 0 spiro atoms. The van der Waals surface area contributed by atoms with Crippen LogP contribution in [0, 0.1) is 5.82 Å². The van der Waals surface area contributed by atoms with Gasteiger partial charge in [-0.05, 0) is 31.5 Å². The Morgan fingerprint density at radius 2 is 2.24 bits per heavy atom. The molecule has 0 radical (unpaired) electrons. The highest BCUT2D eigenvalue weighted by Crippen LogP contribution is 2.11. The molecule has 1 atom stereocenters. The first-order chi connectivity index (χ1) is 10.1.